The second-order valence-electron chi connectivity index (χ2n) is 14.7. The van der Waals surface area contributed by atoms with Crippen LogP contribution < -0.4 is 14.4 Å². The SMILES string of the molecule is CC(C)COC(=O)CCN1CCN(c2ccc(C(=O)N3CCC(c4ccc(Oc5ccc(C(F)(F)F)nn5)cc4)CC3)cc2NS(=O)(=O)Cc2ccccc2)CC1. The number of halogens is 3. The zero-order valence-electron chi connectivity index (χ0n) is 32.0. The summed E-state index contributed by atoms with van der Waals surface area (Å²) in [6.07, 6.45) is -2.89. The van der Waals surface area contributed by atoms with Gasteiger partial charge in [-0.1, -0.05) is 56.3 Å². The summed E-state index contributed by atoms with van der Waals surface area (Å²) in [5.74, 6) is 0.145. The van der Waals surface area contributed by atoms with Crippen molar-refractivity contribution in [3.8, 4) is 11.6 Å². The number of sulfonamides is 1. The first kappa shape index (κ1) is 41.4. The van der Waals surface area contributed by atoms with E-state index in [4.69, 9.17) is 9.47 Å². The summed E-state index contributed by atoms with van der Waals surface area (Å²) in [4.78, 5) is 32.1. The highest BCUT2D eigenvalue weighted by Gasteiger charge is 2.33. The second-order valence-corrected chi connectivity index (χ2v) is 16.4. The van der Waals surface area contributed by atoms with Crippen LogP contribution in [0.1, 0.15) is 66.2 Å². The third-order valence-corrected chi connectivity index (χ3v) is 11.2. The van der Waals surface area contributed by atoms with Gasteiger partial charge < -0.3 is 19.3 Å². The van der Waals surface area contributed by atoms with Gasteiger partial charge in [-0.05, 0) is 72.2 Å². The molecular formula is C41H47F3N6O6S. The van der Waals surface area contributed by atoms with Gasteiger partial charge in [-0.25, -0.2) is 8.42 Å². The molecular weight excluding hydrogens is 762 g/mol. The average Bonchev–Trinajstić information content (AvgIpc) is 3.19. The van der Waals surface area contributed by atoms with E-state index in [1.807, 2.05) is 32.0 Å². The number of anilines is 2. The fraction of sp³-hybridized carbons (Fsp3) is 0.415. The summed E-state index contributed by atoms with van der Waals surface area (Å²) < 4.78 is 79.1. The van der Waals surface area contributed by atoms with E-state index in [1.54, 1.807) is 59.5 Å². The first-order valence-electron chi connectivity index (χ1n) is 19.0. The highest BCUT2D eigenvalue weighted by Crippen LogP contribution is 2.34. The molecule has 3 aromatic carbocycles. The summed E-state index contributed by atoms with van der Waals surface area (Å²) in [5, 5.41) is 6.70. The van der Waals surface area contributed by atoms with Gasteiger partial charge in [0.15, 0.2) is 5.69 Å². The number of nitrogens with zero attached hydrogens (tertiary/aromatic N) is 5. The van der Waals surface area contributed by atoms with Crippen molar-refractivity contribution in [3.05, 3.63) is 107 Å². The lowest BCUT2D eigenvalue weighted by molar-refractivity contribution is -0.145. The van der Waals surface area contributed by atoms with E-state index in [0.29, 0.717) is 99.9 Å². The third-order valence-electron chi connectivity index (χ3n) is 9.92. The van der Waals surface area contributed by atoms with Gasteiger partial charge in [0.05, 0.1) is 30.2 Å². The number of piperazine rings is 1. The normalized spacial score (nSPS) is 15.8. The summed E-state index contributed by atoms with van der Waals surface area (Å²) >= 11 is 0. The number of carbonyl (C=O) groups is 2. The molecule has 16 heteroatoms. The van der Waals surface area contributed by atoms with E-state index < -0.39 is 21.9 Å². The number of aromatic nitrogens is 2. The predicted octanol–water partition coefficient (Wildman–Crippen LogP) is 6.96. The van der Waals surface area contributed by atoms with E-state index in [2.05, 4.69) is 24.7 Å². The van der Waals surface area contributed by atoms with Crippen molar-refractivity contribution in [1.82, 2.24) is 20.0 Å². The van der Waals surface area contributed by atoms with Crippen LogP contribution in [0.4, 0.5) is 24.5 Å². The number of amides is 1. The summed E-state index contributed by atoms with van der Waals surface area (Å²) in [6.45, 7) is 8.50. The molecule has 2 aliphatic heterocycles. The fourth-order valence-corrected chi connectivity index (χ4v) is 8.07. The van der Waals surface area contributed by atoms with Gasteiger partial charge in [0, 0.05) is 57.4 Å². The summed E-state index contributed by atoms with van der Waals surface area (Å²) in [5.41, 5.74) is 1.96. The number of esters is 1. The predicted molar refractivity (Wildman–Crippen MR) is 210 cm³/mol. The molecule has 1 N–H and O–H groups in total. The van der Waals surface area contributed by atoms with Gasteiger partial charge in [-0.15, -0.1) is 10.2 Å². The smallest absolute Gasteiger partial charge is 0.435 e. The number of likely N-dealkylation sites (tertiary alicyclic amines) is 1. The second kappa shape index (κ2) is 18.4. The van der Waals surface area contributed by atoms with Gasteiger partial charge in [0.25, 0.3) is 5.91 Å². The molecule has 2 aliphatic rings. The van der Waals surface area contributed by atoms with Gasteiger partial charge >= 0.3 is 12.1 Å². The van der Waals surface area contributed by atoms with E-state index in [9.17, 15) is 31.2 Å². The zero-order valence-corrected chi connectivity index (χ0v) is 32.8. The Morgan fingerprint density at radius 1 is 0.877 bits per heavy atom. The van der Waals surface area contributed by atoms with Gasteiger partial charge in [-0.2, -0.15) is 13.2 Å². The minimum Gasteiger partial charge on any atom is -0.465 e. The molecule has 12 nitrogen and oxygen atoms in total. The number of benzene rings is 3. The number of ether oxygens (including phenoxy) is 2. The molecule has 3 heterocycles. The maximum absolute atomic E-state index is 13.9. The monoisotopic (exact) mass is 808 g/mol. The summed E-state index contributed by atoms with van der Waals surface area (Å²) in [6, 6.07) is 23.2. The first-order valence-corrected chi connectivity index (χ1v) is 20.7. The highest BCUT2D eigenvalue weighted by atomic mass is 32.2. The lowest BCUT2D eigenvalue weighted by Crippen LogP contribution is -2.47. The Morgan fingerprint density at radius 3 is 2.21 bits per heavy atom. The van der Waals surface area contributed by atoms with Crippen molar-refractivity contribution in [3.63, 3.8) is 0 Å². The molecule has 0 aliphatic carbocycles. The molecule has 6 rings (SSSR count). The number of hydrogen-bond acceptors (Lipinski definition) is 10. The van der Waals surface area contributed by atoms with Crippen LogP contribution in [0, 0.1) is 5.92 Å². The molecule has 4 aromatic rings. The van der Waals surface area contributed by atoms with E-state index in [1.165, 1.54) is 0 Å². The van der Waals surface area contributed by atoms with Crippen LogP contribution in [0.3, 0.4) is 0 Å². The van der Waals surface area contributed by atoms with Crippen molar-refractivity contribution >= 4 is 33.3 Å². The molecule has 0 radical (unpaired) electrons. The minimum atomic E-state index is -4.59. The van der Waals surface area contributed by atoms with Crippen molar-refractivity contribution in [1.29, 1.82) is 0 Å². The Hall–Kier alpha value is -5.22. The van der Waals surface area contributed by atoms with E-state index in [0.717, 1.165) is 17.7 Å². The van der Waals surface area contributed by atoms with Crippen molar-refractivity contribution < 1.29 is 40.7 Å². The Labute approximate surface area is 331 Å². The van der Waals surface area contributed by atoms with Gasteiger partial charge in [0.2, 0.25) is 15.9 Å². The number of carbonyl (C=O) groups excluding carboxylic acids is 2. The summed E-state index contributed by atoms with van der Waals surface area (Å²) in [7, 11) is -3.84. The van der Waals surface area contributed by atoms with Crippen LogP contribution in [-0.4, -0.2) is 92.7 Å². The molecule has 0 unspecified atom stereocenters. The molecule has 2 saturated heterocycles. The maximum Gasteiger partial charge on any atom is 0.435 e. The molecule has 0 saturated carbocycles. The molecule has 1 amide bonds. The highest BCUT2D eigenvalue weighted by molar-refractivity contribution is 7.91. The lowest BCUT2D eigenvalue weighted by Gasteiger charge is -2.37. The number of alkyl halides is 3. The van der Waals surface area contributed by atoms with Crippen LogP contribution >= 0.6 is 0 Å². The van der Waals surface area contributed by atoms with Crippen molar-refractivity contribution in [2.24, 2.45) is 5.92 Å². The Morgan fingerprint density at radius 2 is 1.58 bits per heavy atom. The van der Waals surface area contributed by atoms with Crippen LogP contribution in [0.5, 0.6) is 11.6 Å². The molecule has 57 heavy (non-hydrogen) atoms. The molecule has 0 bridgehead atoms. The average molecular weight is 809 g/mol. The molecule has 1 aromatic heterocycles. The largest absolute Gasteiger partial charge is 0.465 e. The zero-order chi connectivity index (χ0) is 40.6. The number of hydrogen-bond donors (Lipinski definition) is 1. The molecule has 0 atom stereocenters. The molecule has 0 spiro atoms. The van der Waals surface area contributed by atoms with Crippen LogP contribution in [-0.2, 0) is 31.5 Å². The van der Waals surface area contributed by atoms with E-state index in [-0.39, 0.29) is 35.3 Å². The topological polar surface area (TPSA) is 134 Å². The fourth-order valence-electron chi connectivity index (χ4n) is 6.87. The first-order chi connectivity index (χ1) is 27.2. The number of piperidine rings is 1. The third kappa shape index (κ3) is 11.7. The van der Waals surface area contributed by atoms with Gasteiger partial charge in [-0.3, -0.25) is 19.2 Å². The molecule has 2 fully saturated rings. The molecule has 304 valence electrons. The quantitative estimate of drug-likeness (QED) is 0.133. The minimum absolute atomic E-state index is 0.0572. The van der Waals surface area contributed by atoms with Crippen molar-refractivity contribution in [2.45, 2.75) is 51.0 Å². The Bertz CT molecular complexity index is 2070. The number of nitrogens with one attached hydrogen (secondary N) is 1. The Kier molecular flexibility index (Phi) is 13.3. The maximum atomic E-state index is 13.9. The Balaban J connectivity index is 1.09. The van der Waals surface area contributed by atoms with Crippen LogP contribution in [0.15, 0.2) is 84.9 Å². The van der Waals surface area contributed by atoms with Crippen molar-refractivity contribution in [2.75, 3.05) is 62.0 Å². The number of rotatable bonds is 14. The lowest BCUT2D eigenvalue weighted by atomic mass is 9.89. The van der Waals surface area contributed by atoms with Gasteiger partial charge in [0.1, 0.15) is 5.75 Å². The van der Waals surface area contributed by atoms with Crippen LogP contribution in [0.2, 0.25) is 0 Å². The van der Waals surface area contributed by atoms with Crippen LogP contribution in [0.25, 0.3) is 0 Å². The standard InChI is InChI=1S/C41H47F3N6O6S/c1-29(2)27-55-39(51)18-19-48-22-24-49(25-23-48)36-13-10-33(26-35(36)47-57(53,54)28-30-6-4-3-5-7-30)40(52)50-20-16-32(17-21-50)31-8-11-34(12-9-31)56-38-15-14-37(45-46-38)41(42,43)44/h3-15,26,29,32,47H,16-25,27-28H2,1-2H3. The van der Waals surface area contributed by atoms with E-state index >= 15 is 0 Å².